The van der Waals surface area contributed by atoms with E-state index in [9.17, 15) is 19.5 Å². The van der Waals surface area contributed by atoms with Crippen molar-refractivity contribution >= 4 is 17.8 Å². The summed E-state index contributed by atoms with van der Waals surface area (Å²) in [5, 5.41) is 9.60. The van der Waals surface area contributed by atoms with Crippen LogP contribution in [0.15, 0.2) is 18.2 Å². The number of phenols is 1. The Bertz CT molecular complexity index is 643. The summed E-state index contributed by atoms with van der Waals surface area (Å²) < 4.78 is 4.80. The molecule has 1 N–H and O–H groups in total. The molecule has 0 spiro atoms. The zero-order valence-corrected chi connectivity index (χ0v) is 13.4. The van der Waals surface area contributed by atoms with Crippen LogP contribution in [0.1, 0.15) is 18.1 Å². The molecule has 0 saturated heterocycles. The molecule has 0 radical (unpaired) electrons. The van der Waals surface area contributed by atoms with Gasteiger partial charge in [-0.3, -0.25) is 9.59 Å². The van der Waals surface area contributed by atoms with E-state index in [1.54, 1.807) is 18.2 Å². The Balaban J connectivity index is 2.28. The second-order valence-electron chi connectivity index (χ2n) is 5.59. The number of hydrogen-bond acceptors (Lipinski definition) is 5. The average molecular weight is 320 g/mol. The minimum atomic E-state index is -0.732. The van der Waals surface area contributed by atoms with E-state index >= 15 is 0 Å². The third-order valence-corrected chi connectivity index (χ3v) is 4.02. The molecule has 23 heavy (non-hydrogen) atoms. The Morgan fingerprint density at radius 2 is 2.04 bits per heavy atom. The smallest absolute Gasteiger partial charge is 0.328 e. The SMILES string of the molecule is COC(=O)C1Cc2ccc(O)cc2CN1C(=O)CN(C)C(C)=O. The molecule has 1 aromatic rings. The van der Waals surface area contributed by atoms with Gasteiger partial charge in [0.15, 0.2) is 0 Å². The van der Waals surface area contributed by atoms with Gasteiger partial charge in [0.2, 0.25) is 11.8 Å². The van der Waals surface area contributed by atoms with Crippen molar-refractivity contribution in [1.82, 2.24) is 9.80 Å². The number of phenolic OH excluding ortho intramolecular Hbond substituents is 1. The minimum Gasteiger partial charge on any atom is -0.508 e. The van der Waals surface area contributed by atoms with E-state index in [0.717, 1.165) is 11.1 Å². The van der Waals surface area contributed by atoms with E-state index in [-0.39, 0.29) is 30.7 Å². The maximum absolute atomic E-state index is 12.5. The van der Waals surface area contributed by atoms with Gasteiger partial charge in [0, 0.05) is 26.9 Å². The fourth-order valence-electron chi connectivity index (χ4n) is 2.58. The average Bonchev–Trinajstić information content (AvgIpc) is 2.52. The Labute approximate surface area is 134 Å². The zero-order valence-electron chi connectivity index (χ0n) is 13.4. The van der Waals surface area contributed by atoms with Crippen molar-refractivity contribution in [3.8, 4) is 5.75 Å². The molecule has 0 bridgehead atoms. The van der Waals surface area contributed by atoms with Gasteiger partial charge in [-0.15, -0.1) is 0 Å². The number of fused-ring (bicyclic) bond motifs is 1. The van der Waals surface area contributed by atoms with Gasteiger partial charge in [-0.05, 0) is 23.3 Å². The number of aromatic hydroxyl groups is 1. The van der Waals surface area contributed by atoms with Crippen molar-refractivity contribution in [1.29, 1.82) is 0 Å². The molecule has 0 aromatic heterocycles. The fraction of sp³-hybridized carbons (Fsp3) is 0.438. The Hall–Kier alpha value is -2.57. The summed E-state index contributed by atoms with van der Waals surface area (Å²) in [4.78, 5) is 38.5. The van der Waals surface area contributed by atoms with Crippen molar-refractivity contribution in [3.05, 3.63) is 29.3 Å². The number of likely N-dealkylation sites (N-methyl/N-ethyl adjacent to an activating group) is 1. The van der Waals surface area contributed by atoms with Crippen LogP contribution in [0.3, 0.4) is 0 Å². The summed E-state index contributed by atoms with van der Waals surface area (Å²) in [7, 11) is 2.80. The Morgan fingerprint density at radius 1 is 1.35 bits per heavy atom. The molecule has 7 nitrogen and oxygen atoms in total. The highest BCUT2D eigenvalue weighted by atomic mass is 16.5. The molecule has 124 valence electrons. The van der Waals surface area contributed by atoms with Crippen molar-refractivity contribution in [2.45, 2.75) is 25.9 Å². The van der Waals surface area contributed by atoms with Crippen LogP contribution in [-0.2, 0) is 32.1 Å². The van der Waals surface area contributed by atoms with Crippen LogP contribution in [0.4, 0.5) is 0 Å². The molecule has 2 amide bonds. The van der Waals surface area contributed by atoms with Crippen LogP contribution in [0.25, 0.3) is 0 Å². The van der Waals surface area contributed by atoms with Crippen molar-refractivity contribution in [3.63, 3.8) is 0 Å². The lowest BCUT2D eigenvalue weighted by atomic mass is 9.93. The quantitative estimate of drug-likeness (QED) is 0.809. The minimum absolute atomic E-state index is 0.105. The summed E-state index contributed by atoms with van der Waals surface area (Å²) in [5.74, 6) is -0.966. The molecular formula is C16H20N2O5. The number of carbonyl (C=O) groups is 3. The molecule has 0 fully saturated rings. The predicted molar refractivity (Wildman–Crippen MR) is 81.5 cm³/mol. The van der Waals surface area contributed by atoms with E-state index < -0.39 is 12.0 Å². The Kier molecular flexibility index (Phi) is 4.88. The fourth-order valence-corrected chi connectivity index (χ4v) is 2.58. The third kappa shape index (κ3) is 3.61. The summed E-state index contributed by atoms with van der Waals surface area (Å²) in [6.07, 6.45) is 0.317. The molecule has 0 saturated carbocycles. The molecule has 1 aliphatic heterocycles. The van der Waals surface area contributed by atoms with Gasteiger partial charge >= 0.3 is 5.97 Å². The summed E-state index contributed by atoms with van der Waals surface area (Å²) in [6, 6.07) is 4.14. The highest BCUT2D eigenvalue weighted by Crippen LogP contribution is 2.27. The largest absolute Gasteiger partial charge is 0.508 e. The van der Waals surface area contributed by atoms with E-state index in [4.69, 9.17) is 4.74 Å². The van der Waals surface area contributed by atoms with Crippen molar-refractivity contribution < 1.29 is 24.2 Å². The molecular weight excluding hydrogens is 300 g/mol. The summed E-state index contributed by atoms with van der Waals surface area (Å²) in [6.45, 7) is 1.44. The van der Waals surface area contributed by atoms with Crippen molar-refractivity contribution in [2.75, 3.05) is 20.7 Å². The van der Waals surface area contributed by atoms with Gasteiger partial charge in [-0.2, -0.15) is 0 Å². The van der Waals surface area contributed by atoms with Gasteiger partial charge < -0.3 is 19.6 Å². The summed E-state index contributed by atoms with van der Waals surface area (Å²) >= 11 is 0. The van der Waals surface area contributed by atoms with Crippen LogP contribution >= 0.6 is 0 Å². The number of rotatable bonds is 3. The van der Waals surface area contributed by atoms with Gasteiger partial charge in [-0.1, -0.05) is 6.07 Å². The maximum Gasteiger partial charge on any atom is 0.328 e. The molecule has 1 unspecified atom stereocenters. The molecule has 1 heterocycles. The van der Waals surface area contributed by atoms with Crippen LogP contribution in [-0.4, -0.2) is 59.4 Å². The number of hydrogen-bond donors (Lipinski definition) is 1. The number of benzene rings is 1. The van der Waals surface area contributed by atoms with Crippen molar-refractivity contribution in [2.24, 2.45) is 0 Å². The molecule has 0 aliphatic carbocycles. The second-order valence-corrected chi connectivity index (χ2v) is 5.59. The number of esters is 1. The zero-order chi connectivity index (χ0) is 17.1. The van der Waals surface area contributed by atoms with E-state index in [1.807, 2.05) is 0 Å². The van der Waals surface area contributed by atoms with Gasteiger partial charge in [0.05, 0.1) is 13.7 Å². The number of carbonyl (C=O) groups excluding carboxylic acids is 3. The predicted octanol–water partition coefficient (Wildman–Crippen LogP) is 0.297. The molecule has 1 aromatic carbocycles. The normalized spacial score (nSPS) is 16.5. The van der Waals surface area contributed by atoms with Gasteiger partial charge in [0.1, 0.15) is 11.8 Å². The number of amides is 2. The van der Waals surface area contributed by atoms with E-state index in [0.29, 0.717) is 6.42 Å². The van der Waals surface area contributed by atoms with Gasteiger partial charge in [-0.25, -0.2) is 4.79 Å². The van der Waals surface area contributed by atoms with E-state index in [1.165, 1.54) is 30.9 Å². The van der Waals surface area contributed by atoms with Crippen LogP contribution in [0.5, 0.6) is 5.75 Å². The molecule has 2 rings (SSSR count). The maximum atomic E-state index is 12.5. The van der Waals surface area contributed by atoms with Crippen LogP contribution in [0, 0.1) is 0 Å². The first-order chi connectivity index (χ1) is 10.8. The molecule has 1 atom stereocenters. The molecule has 7 heteroatoms. The van der Waals surface area contributed by atoms with Gasteiger partial charge in [0.25, 0.3) is 0 Å². The lowest BCUT2D eigenvalue weighted by Gasteiger charge is -2.36. The highest BCUT2D eigenvalue weighted by molar-refractivity contribution is 5.88. The lowest BCUT2D eigenvalue weighted by molar-refractivity contribution is -0.154. The first kappa shape index (κ1) is 16.8. The highest BCUT2D eigenvalue weighted by Gasteiger charge is 2.35. The number of methoxy groups -OCH3 is 1. The first-order valence-corrected chi connectivity index (χ1v) is 7.23. The van der Waals surface area contributed by atoms with Crippen LogP contribution in [0.2, 0.25) is 0 Å². The Morgan fingerprint density at radius 3 is 2.65 bits per heavy atom. The summed E-state index contributed by atoms with van der Waals surface area (Å²) in [5.41, 5.74) is 1.67. The second kappa shape index (κ2) is 6.68. The topological polar surface area (TPSA) is 87.2 Å². The third-order valence-electron chi connectivity index (χ3n) is 4.02. The lowest BCUT2D eigenvalue weighted by Crippen LogP contribution is -2.52. The monoisotopic (exact) mass is 320 g/mol. The molecule has 1 aliphatic rings. The number of ether oxygens (including phenoxy) is 1. The van der Waals surface area contributed by atoms with Crippen LogP contribution < -0.4 is 0 Å². The number of nitrogens with zero attached hydrogens (tertiary/aromatic N) is 2. The standard InChI is InChI=1S/C16H20N2O5/c1-10(19)17(2)9-15(21)18-8-12-6-13(20)5-4-11(12)7-14(18)16(22)23-3/h4-6,14,20H,7-9H2,1-3H3. The first-order valence-electron chi connectivity index (χ1n) is 7.23. The van der Waals surface area contributed by atoms with E-state index in [2.05, 4.69) is 0 Å².